The number of hydrogen-bond acceptors (Lipinski definition) is 1. The van der Waals surface area contributed by atoms with E-state index in [1.165, 1.54) is 12.1 Å². The molecule has 1 nitrogen and oxygen atoms in total. The largest absolute Gasteiger partial charge is 0.419 e. The Hall–Kier alpha value is -2.43. The lowest BCUT2D eigenvalue weighted by Gasteiger charge is -2.08. The van der Waals surface area contributed by atoms with E-state index in [1.807, 2.05) is 0 Å². The van der Waals surface area contributed by atoms with Gasteiger partial charge in [-0.05, 0) is 29.3 Å². The number of rotatable bonds is 3. The molecule has 0 heterocycles. The minimum absolute atomic E-state index is 0.222. The van der Waals surface area contributed by atoms with Gasteiger partial charge in [0, 0.05) is 5.56 Å². The van der Waals surface area contributed by atoms with E-state index in [9.17, 15) is 22.4 Å². The SMILES string of the molecule is O=Cc1cccc(/C=C/c2ccc(F)c(C(F)(F)F)c2)c1. The van der Waals surface area contributed by atoms with Crippen molar-refractivity contribution < 1.29 is 22.4 Å². The fourth-order valence-electron chi connectivity index (χ4n) is 1.79. The van der Waals surface area contributed by atoms with Gasteiger partial charge >= 0.3 is 6.18 Å². The second-order valence-electron chi connectivity index (χ2n) is 4.36. The fourth-order valence-corrected chi connectivity index (χ4v) is 1.79. The summed E-state index contributed by atoms with van der Waals surface area (Å²) in [6.45, 7) is 0. The fraction of sp³-hybridized carbons (Fsp3) is 0.0625. The van der Waals surface area contributed by atoms with Crippen LogP contribution in [0.15, 0.2) is 42.5 Å². The topological polar surface area (TPSA) is 17.1 Å². The summed E-state index contributed by atoms with van der Waals surface area (Å²) in [5, 5.41) is 0. The Morgan fingerprint density at radius 1 is 0.857 bits per heavy atom. The third kappa shape index (κ3) is 3.78. The molecular formula is C16H10F4O. The maximum absolute atomic E-state index is 13.1. The molecule has 0 aliphatic heterocycles. The van der Waals surface area contributed by atoms with Gasteiger partial charge in [0.05, 0.1) is 5.56 Å². The van der Waals surface area contributed by atoms with Crippen molar-refractivity contribution in [1.82, 2.24) is 0 Å². The molecule has 0 aromatic heterocycles. The van der Waals surface area contributed by atoms with Gasteiger partial charge in [-0.2, -0.15) is 13.2 Å². The smallest absolute Gasteiger partial charge is 0.298 e. The zero-order valence-electron chi connectivity index (χ0n) is 10.7. The summed E-state index contributed by atoms with van der Waals surface area (Å²) >= 11 is 0. The van der Waals surface area contributed by atoms with Crippen LogP contribution in [0.25, 0.3) is 12.2 Å². The van der Waals surface area contributed by atoms with Crippen LogP contribution < -0.4 is 0 Å². The van der Waals surface area contributed by atoms with E-state index in [0.717, 1.165) is 12.1 Å². The molecule has 0 unspecified atom stereocenters. The van der Waals surface area contributed by atoms with E-state index < -0.39 is 17.6 Å². The average Bonchev–Trinajstić information content (AvgIpc) is 2.45. The number of carbonyl (C=O) groups is 1. The monoisotopic (exact) mass is 294 g/mol. The molecule has 21 heavy (non-hydrogen) atoms. The molecule has 108 valence electrons. The molecule has 0 aliphatic carbocycles. The summed E-state index contributed by atoms with van der Waals surface area (Å²) in [5.41, 5.74) is 0.0521. The molecule has 0 aliphatic rings. The van der Waals surface area contributed by atoms with Gasteiger partial charge < -0.3 is 0 Å². The lowest BCUT2D eigenvalue weighted by Crippen LogP contribution is -2.08. The lowest BCUT2D eigenvalue weighted by atomic mass is 10.1. The number of aldehydes is 1. The predicted molar refractivity (Wildman–Crippen MR) is 72.2 cm³/mol. The number of halogens is 4. The Kier molecular flexibility index (Phi) is 4.21. The highest BCUT2D eigenvalue weighted by Gasteiger charge is 2.33. The first-order valence-electron chi connectivity index (χ1n) is 6.00. The summed E-state index contributed by atoms with van der Waals surface area (Å²) in [6.07, 6.45) is -1.07. The molecule has 0 spiro atoms. The molecule has 2 rings (SSSR count). The molecule has 0 N–H and O–H groups in total. The lowest BCUT2D eigenvalue weighted by molar-refractivity contribution is -0.140. The molecule has 0 saturated carbocycles. The third-order valence-electron chi connectivity index (χ3n) is 2.81. The van der Waals surface area contributed by atoms with E-state index in [1.54, 1.807) is 30.3 Å². The van der Waals surface area contributed by atoms with Crippen LogP contribution in [0.2, 0.25) is 0 Å². The van der Waals surface area contributed by atoms with Crippen molar-refractivity contribution in [1.29, 1.82) is 0 Å². The van der Waals surface area contributed by atoms with E-state index in [4.69, 9.17) is 0 Å². The molecule has 0 radical (unpaired) electrons. The predicted octanol–water partition coefficient (Wildman–Crippen LogP) is 4.83. The minimum atomic E-state index is -4.73. The van der Waals surface area contributed by atoms with Crippen molar-refractivity contribution in [2.45, 2.75) is 6.18 Å². The molecule has 5 heteroatoms. The molecule has 0 atom stereocenters. The molecule has 0 amide bonds. The second kappa shape index (κ2) is 5.91. The average molecular weight is 294 g/mol. The molecule has 0 bridgehead atoms. The van der Waals surface area contributed by atoms with Gasteiger partial charge in [-0.3, -0.25) is 4.79 Å². The quantitative estimate of drug-likeness (QED) is 0.450. The summed E-state index contributed by atoms with van der Waals surface area (Å²) in [7, 11) is 0. The first kappa shape index (κ1) is 15.0. The van der Waals surface area contributed by atoms with Crippen molar-refractivity contribution >= 4 is 18.4 Å². The number of hydrogen-bond donors (Lipinski definition) is 0. The van der Waals surface area contributed by atoms with Crippen molar-refractivity contribution in [3.8, 4) is 0 Å². The third-order valence-corrected chi connectivity index (χ3v) is 2.81. The van der Waals surface area contributed by atoms with Crippen LogP contribution in [0.1, 0.15) is 27.0 Å². The Bertz CT molecular complexity index is 687. The van der Waals surface area contributed by atoms with Crippen molar-refractivity contribution in [2.24, 2.45) is 0 Å². The summed E-state index contributed by atoms with van der Waals surface area (Å²) in [6, 6.07) is 9.36. The standard InChI is InChI=1S/C16H10F4O/c17-15-7-6-12(9-14(15)16(18,19)20)5-4-11-2-1-3-13(8-11)10-21/h1-10H/b5-4+. The van der Waals surface area contributed by atoms with Crippen molar-refractivity contribution in [3.05, 3.63) is 70.5 Å². The van der Waals surface area contributed by atoms with Gasteiger partial charge in [-0.15, -0.1) is 0 Å². The maximum Gasteiger partial charge on any atom is 0.419 e. The minimum Gasteiger partial charge on any atom is -0.298 e. The number of alkyl halides is 3. The van der Waals surface area contributed by atoms with Crippen LogP contribution in [0, 0.1) is 5.82 Å². The summed E-state index contributed by atoms with van der Waals surface area (Å²) in [4.78, 5) is 10.6. The first-order valence-corrected chi connectivity index (χ1v) is 6.00. The zero-order chi connectivity index (χ0) is 15.5. The van der Waals surface area contributed by atoms with Crippen LogP contribution in [-0.4, -0.2) is 6.29 Å². The van der Waals surface area contributed by atoms with Crippen molar-refractivity contribution in [3.63, 3.8) is 0 Å². The maximum atomic E-state index is 13.1. The zero-order valence-corrected chi connectivity index (χ0v) is 10.7. The summed E-state index contributed by atoms with van der Waals surface area (Å²) < 4.78 is 50.9. The molecule has 2 aromatic carbocycles. The Labute approximate surface area is 118 Å². The Morgan fingerprint density at radius 3 is 2.10 bits per heavy atom. The molecular weight excluding hydrogens is 284 g/mol. The first-order chi connectivity index (χ1) is 9.90. The molecule has 0 saturated heterocycles. The number of carbonyl (C=O) groups excluding carboxylic acids is 1. The van der Waals surface area contributed by atoms with Gasteiger partial charge in [0.1, 0.15) is 12.1 Å². The summed E-state index contributed by atoms with van der Waals surface area (Å²) in [5.74, 6) is -1.30. The van der Waals surface area contributed by atoms with Gasteiger partial charge in [-0.1, -0.05) is 36.4 Å². The van der Waals surface area contributed by atoms with Crippen molar-refractivity contribution in [2.75, 3.05) is 0 Å². The van der Waals surface area contributed by atoms with Gasteiger partial charge in [-0.25, -0.2) is 4.39 Å². The highest BCUT2D eigenvalue weighted by molar-refractivity contribution is 5.78. The van der Waals surface area contributed by atoms with Crippen LogP contribution >= 0.6 is 0 Å². The second-order valence-corrected chi connectivity index (χ2v) is 4.36. The normalized spacial score (nSPS) is 11.8. The van der Waals surface area contributed by atoms with E-state index in [-0.39, 0.29) is 5.56 Å². The van der Waals surface area contributed by atoms with Gasteiger partial charge in [0.2, 0.25) is 0 Å². The van der Waals surface area contributed by atoms with Gasteiger partial charge in [0.15, 0.2) is 0 Å². The van der Waals surface area contributed by atoms with Crippen LogP contribution in [0.5, 0.6) is 0 Å². The Morgan fingerprint density at radius 2 is 1.48 bits per heavy atom. The van der Waals surface area contributed by atoms with E-state index in [2.05, 4.69) is 0 Å². The van der Waals surface area contributed by atoms with Crippen LogP contribution in [0.3, 0.4) is 0 Å². The van der Waals surface area contributed by atoms with Gasteiger partial charge in [0.25, 0.3) is 0 Å². The van der Waals surface area contributed by atoms with E-state index >= 15 is 0 Å². The molecule has 0 fully saturated rings. The highest BCUT2D eigenvalue weighted by atomic mass is 19.4. The van der Waals surface area contributed by atoms with E-state index in [0.29, 0.717) is 17.4 Å². The number of benzene rings is 2. The highest BCUT2D eigenvalue weighted by Crippen LogP contribution is 2.32. The van der Waals surface area contributed by atoms with Crippen LogP contribution in [-0.2, 0) is 6.18 Å². The molecule has 2 aromatic rings. The Balaban J connectivity index is 2.31. The van der Waals surface area contributed by atoms with Crippen LogP contribution in [0.4, 0.5) is 17.6 Å².